The highest BCUT2D eigenvalue weighted by Gasteiger charge is 2.25. The minimum absolute atomic E-state index is 0. The van der Waals surface area contributed by atoms with Crippen molar-refractivity contribution in [2.24, 2.45) is 11.5 Å². The Bertz CT molecular complexity index is 314. The first-order valence-electron chi connectivity index (χ1n) is 4.44. The number of ether oxygens (including phenoxy) is 1. The minimum Gasteiger partial charge on any atom is -0.481 e. The number of hydrogen-bond acceptors (Lipinski definition) is 7. The van der Waals surface area contributed by atoms with Gasteiger partial charge in [0, 0.05) is 0 Å². The van der Waals surface area contributed by atoms with Crippen LogP contribution in [-0.4, -0.2) is 46.2 Å². The lowest BCUT2D eigenvalue weighted by atomic mass is 10.2. The molecule has 2 atom stereocenters. The lowest BCUT2D eigenvalue weighted by molar-refractivity contribution is -0.164. The third-order valence-electron chi connectivity index (χ3n) is 1.60. The van der Waals surface area contributed by atoms with Gasteiger partial charge in [-0.3, -0.25) is 9.59 Å². The van der Waals surface area contributed by atoms with E-state index in [1.54, 1.807) is 0 Å². The van der Waals surface area contributed by atoms with Crippen LogP contribution < -0.4 is 11.5 Å². The smallest absolute Gasteiger partial charge is 0.331 e. The number of halogens is 1. The lowest BCUT2D eigenvalue weighted by Crippen LogP contribution is -2.41. The topological polar surface area (TPSA) is 170 Å². The third kappa shape index (κ3) is 7.54. The van der Waals surface area contributed by atoms with Gasteiger partial charge in [0.2, 0.25) is 0 Å². The van der Waals surface area contributed by atoms with E-state index in [1.807, 2.05) is 0 Å². The van der Waals surface area contributed by atoms with E-state index in [0.717, 1.165) is 0 Å². The summed E-state index contributed by atoms with van der Waals surface area (Å²) in [6.45, 7) is 0. The van der Waals surface area contributed by atoms with Gasteiger partial charge in [-0.1, -0.05) is 0 Å². The first-order valence-corrected chi connectivity index (χ1v) is 4.44. The highest BCUT2D eigenvalue weighted by molar-refractivity contribution is 5.93. The van der Waals surface area contributed by atoms with Gasteiger partial charge in [0.05, 0.1) is 12.8 Å². The number of rotatable bonds is 6. The van der Waals surface area contributed by atoms with Crippen LogP contribution in [0.4, 0.5) is 0 Å². The first kappa shape index (κ1) is 18.6. The molecule has 0 aromatic carbocycles. The Balaban J connectivity index is 0. The molecular weight excluding hydrogens is 272 g/mol. The number of hydrogen-bond donors (Lipinski definition) is 4. The van der Waals surface area contributed by atoms with E-state index in [9.17, 15) is 19.2 Å². The molecule has 0 radical (unpaired) electrons. The molecule has 0 aliphatic heterocycles. The number of carboxylic acid groups (broad SMARTS) is 2. The molecule has 9 nitrogen and oxygen atoms in total. The predicted octanol–water partition coefficient (Wildman–Crippen LogP) is -1.92. The third-order valence-corrected chi connectivity index (χ3v) is 1.60. The van der Waals surface area contributed by atoms with Gasteiger partial charge in [0.1, 0.15) is 12.1 Å². The van der Waals surface area contributed by atoms with Crippen molar-refractivity contribution in [3.05, 3.63) is 0 Å². The number of carboxylic acids is 2. The van der Waals surface area contributed by atoms with Gasteiger partial charge in [-0.25, -0.2) is 9.59 Å². The van der Waals surface area contributed by atoms with Crippen LogP contribution in [0.15, 0.2) is 0 Å². The molecule has 0 saturated heterocycles. The fourth-order valence-corrected chi connectivity index (χ4v) is 0.793. The Kier molecular flexibility index (Phi) is 8.69. The van der Waals surface area contributed by atoms with Crippen LogP contribution >= 0.6 is 12.4 Å². The molecule has 0 heterocycles. The fraction of sp³-hybridized carbons (Fsp3) is 0.500. The van der Waals surface area contributed by atoms with Crippen molar-refractivity contribution in [1.29, 1.82) is 0 Å². The summed E-state index contributed by atoms with van der Waals surface area (Å²) in [5.74, 6) is -5.20. The number of carbonyl (C=O) groups is 4. The molecule has 10 heteroatoms. The highest BCUT2D eigenvalue weighted by Crippen LogP contribution is 1.97. The zero-order valence-corrected chi connectivity index (χ0v) is 9.88. The van der Waals surface area contributed by atoms with Crippen molar-refractivity contribution < 1.29 is 34.1 Å². The molecule has 0 saturated carbocycles. The van der Waals surface area contributed by atoms with E-state index in [4.69, 9.17) is 21.7 Å². The second-order valence-corrected chi connectivity index (χ2v) is 3.15. The van der Waals surface area contributed by atoms with Crippen molar-refractivity contribution in [1.82, 2.24) is 0 Å². The molecule has 0 aliphatic rings. The molecule has 0 aromatic rings. The second-order valence-electron chi connectivity index (χ2n) is 3.15. The quantitative estimate of drug-likeness (QED) is 0.320. The van der Waals surface area contributed by atoms with E-state index >= 15 is 0 Å². The van der Waals surface area contributed by atoms with Crippen molar-refractivity contribution in [3.8, 4) is 0 Å². The van der Waals surface area contributed by atoms with Crippen LogP contribution in [0.25, 0.3) is 0 Å². The second kappa shape index (κ2) is 8.39. The number of aliphatic carboxylic acids is 2. The van der Waals surface area contributed by atoms with Crippen molar-refractivity contribution in [3.63, 3.8) is 0 Å². The van der Waals surface area contributed by atoms with Crippen molar-refractivity contribution in [2.45, 2.75) is 24.9 Å². The molecular formula is C8H13ClN2O7. The number of esters is 2. The Morgan fingerprint density at radius 1 is 0.889 bits per heavy atom. The van der Waals surface area contributed by atoms with Crippen molar-refractivity contribution >= 4 is 36.3 Å². The number of carbonyl (C=O) groups excluding carboxylic acids is 2. The summed E-state index contributed by atoms with van der Waals surface area (Å²) in [5.41, 5.74) is 10.2. The molecule has 0 bridgehead atoms. The van der Waals surface area contributed by atoms with E-state index < -0.39 is 48.8 Å². The molecule has 0 unspecified atom stereocenters. The molecule has 18 heavy (non-hydrogen) atoms. The van der Waals surface area contributed by atoms with E-state index in [0.29, 0.717) is 0 Å². The maximum absolute atomic E-state index is 11.0. The Morgan fingerprint density at radius 2 is 1.17 bits per heavy atom. The molecule has 0 amide bonds. The molecule has 104 valence electrons. The average Bonchev–Trinajstić information content (AvgIpc) is 2.15. The Labute approximate surface area is 107 Å². The van der Waals surface area contributed by atoms with Crippen LogP contribution in [0.1, 0.15) is 12.8 Å². The van der Waals surface area contributed by atoms with Crippen LogP contribution in [0.3, 0.4) is 0 Å². The summed E-state index contributed by atoms with van der Waals surface area (Å²) in [4.78, 5) is 42.5. The lowest BCUT2D eigenvalue weighted by Gasteiger charge is -2.10. The predicted molar refractivity (Wildman–Crippen MR) is 58.8 cm³/mol. The molecule has 0 rings (SSSR count). The van der Waals surface area contributed by atoms with Crippen LogP contribution in [0.2, 0.25) is 0 Å². The van der Waals surface area contributed by atoms with Crippen LogP contribution in [-0.2, 0) is 23.9 Å². The summed E-state index contributed by atoms with van der Waals surface area (Å²) < 4.78 is 4.12. The molecule has 0 spiro atoms. The normalized spacial score (nSPS) is 12.8. The summed E-state index contributed by atoms with van der Waals surface area (Å²) in [7, 11) is 0. The zero-order valence-electron chi connectivity index (χ0n) is 9.07. The summed E-state index contributed by atoms with van der Waals surface area (Å²) in [5, 5.41) is 16.6. The Morgan fingerprint density at radius 3 is 1.39 bits per heavy atom. The highest BCUT2D eigenvalue weighted by atomic mass is 35.5. The fourth-order valence-electron chi connectivity index (χ4n) is 0.793. The van der Waals surface area contributed by atoms with Gasteiger partial charge >= 0.3 is 23.9 Å². The first-order chi connectivity index (χ1) is 7.73. The molecule has 0 fully saturated rings. The molecule has 6 N–H and O–H groups in total. The van der Waals surface area contributed by atoms with Crippen LogP contribution in [0.5, 0.6) is 0 Å². The molecule has 0 aliphatic carbocycles. The Hall–Kier alpha value is -1.71. The van der Waals surface area contributed by atoms with Gasteiger partial charge in [-0.15, -0.1) is 12.4 Å². The standard InChI is InChI=1S/C8H12N2O7.ClH/c9-3(1-5(11)12)7(15)17-8(16)4(10)2-6(13)14;/h3-4H,1-2,9-10H2,(H,11,12)(H,13,14);1H/t3-,4-;/m0./s1. The zero-order chi connectivity index (χ0) is 13.6. The van der Waals surface area contributed by atoms with E-state index in [1.165, 1.54) is 0 Å². The van der Waals surface area contributed by atoms with Gasteiger partial charge in [-0.2, -0.15) is 0 Å². The summed E-state index contributed by atoms with van der Waals surface area (Å²) in [6, 6.07) is -3.01. The van der Waals surface area contributed by atoms with Gasteiger partial charge < -0.3 is 26.4 Å². The SMILES string of the molecule is Cl.N[C@@H](CC(=O)O)C(=O)OC(=O)[C@@H](N)CC(=O)O. The van der Waals surface area contributed by atoms with Gasteiger partial charge in [-0.05, 0) is 0 Å². The minimum atomic E-state index is -1.51. The molecule has 0 aromatic heterocycles. The largest absolute Gasteiger partial charge is 0.481 e. The summed E-state index contributed by atoms with van der Waals surface area (Å²) >= 11 is 0. The van der Waals surface area contributed by atoms with Gasteiger partial charge in [0.15, 0.2) is 0 Å². The average molecular weight is 285 g/mol. The van der Waals surface area contributed by atoms with Crippen LogP contribution in [0, 0.1) is 0 Å². The van der Waals surface area contributed by atoms with E-state index in [2.05, 4.69) is 4.74 Å². The van der Waals surface area contributed by atoms with Gasteiger partial charge in [0.25, 0.3) is 0 Å². The van der Waals surface area contributed by atoms with Crippen molar-refractivity contribution in [2.75, 3.05) is 0 Å². The van der Waals surface area contributed by atoms with E-state index in [-0.39, 0.29) is 12.4 Å². The number of nitrogens with two attached hydrogens (primary N) is 2. The summed E-state index contributed by atoms with van der Waals surface area (Å²) in [6.07, 6.45) is -1.42. The monoisotopic (exact) mass is 284 g/mol. The maximum atomic E-state index is 11.0. The maximum Gasteiger partial charge on any atom is 0.331 e.